The maximum Gasteiger partial charge on any atom is 0.236 e. The highest BCUT2D eigenvalue weighted by molar-refractivity contribution is 5.79. The Hall–Kier alpha value is -1.18. The Balaban J connectivity index is 1.59. The third-order valence-electron chi connectivity index (χ3n) is 5.23. The number of amides is 2. The van der Waals surface area contributed by atoms with Gasteiger partial charge in [-0.15, -0.1) is 0 Å². The summed E-state index contributed by atoms with van der Waals surface area (Å²) in [6, 6.07) is 0.352. The Morgan fingerprint density at radius 1 is 1.08 bits per heavy atom. The summed E-state index contributed by atoms with van der Waals surface area (Å²) in [5, 5.41) is 6.26. The Morgan fingerprint density at radius 3 is 2.40 bits per heavy atom. The third-order valence-corrected chi connectivity index (χ3v) is 5.23. The first-order valence-corrected chi connectivity index (χ1v) is 9.57. The first kappa shape index (κ1) is 20.1. The van der Waals surface area contributed by atoms with Crippen molar-refractivity contribution in [3.05, 3.63) is 0 Å². The van der Waals surface area contributed by atoms with Crippen LogP contribution in [0.25, 0.3) is 0 Å². The van der Waals surface area contributed by atoms with Gasteiger partial charge in [0.05, 0.1) is 19.7 Å². The van der Waals surface area contributed by atoms with Gasteiger partial charge in [0.1, 0.15) is 0 Å². The minimum Gasteiger partial charge on any atom is -0.383 e. The summed E-state index contributed by atoms with van der Waals surface area (Å²) in [6.07, 6.45) is 4.63. The molecule has 7 nitrogen and oxygen atoms in total. The lowest BCUT2D eigenvalue weighted by Crippen LogP contribution is -2.53. The second-order valence-corrected chi connectivity index (χ2v) is 7.35. The van der Waals surface area contributed by atoms with Crippen molar-refractivity contribution in [3.8, 4) is 0 Å². The van der Waals surface area contributed by atoms with E-state index in [2.05, 4.69) is 22.5 Å². The standard InChI is InChI=1S/C18H34N4O3/c1-15-3-5-16(6-4-15)20-17(23)14-21-8-10-22(11-9-21)18(24)13-19-7-12-25-2/h15-16,19H,3-14H2,1-2H3,(H,20,23). The fourth-order valence-corrected chi connectivity index (χ4v) is 3.52. The number of hydrogen-bond donors (Lipinski definition) is 2. The number of hydrogen-bond acceptors (Lipinski definition) is 5. The van der Waals surface area contributed by atoms with Gasteiger partial charge in [-0.25, -0.2) is 0 Å². The SMILES string of the molecule is COCCNCC(=O)N1CCN(CC(=O)NC2CCC(C)CC2)CC1. The highest BCUT2D eigenvalue weighted by Crippen LogP contribution is 2.23. The molecule has 2 fully saturated rings. The fourth-order valence-electron chi connectivity index (χ4n) is 3.52. The molecule has 1 aliphatic heterocycles. The Kier molecular flexibility index (Phi) is 8.64. The van der Waals surface area contributed by atoms with Crippen molar-refractivity contribution in [2.24, 2.45) is 5.92 Å². The van der Waals surface area contributed by atoms with Gasteiger partial charge < -0.3 is 20.3 Å². The molecule has 2 amide bonds. The normalized spacial score (nSPS) is 25.0. The molecular formula is C18H34N4O3. The van der Waals surface area contributed by atoms with Gasteiger partial charge in [-0.05, 0) is 31.6 Å². The van der Waals surface area contributed by atoms with E-state index >= 15 is 0 Å². The lowest BCUT2D eigenvalue weighted by atomic mass is 9.87. The number of carbonyl (C=O) groups excluding carboxylic acids is 2. The topological polar surface area (TPSA) is 73.9 Å². The molecule has 1 saturated carbocycles. The minimum atomic E-state index is 0.122. The largest absolute Gasteiger partial charge is 0.383 e. The van der Waals surface area contributed by atoms with E-state index in [1.807, 2.05) is 4.90 Å². The van der Waals surface area contributed by atoms with E-state index in [0.717, 1.165) is 31.8 Å². The van der Waals surface area contributed by atoms with Crippen LogP contribution in [0.5, 0.6) is 0 Å². The number of nitrogens with zero attached hydrogens (tertiary/aromatic N) is 2. The van der Waals surface area contributed by atoms with E-state index in [4.69, 9.17) is 4.74 Å². The van der Waals surface area contributed by atoms with Crippen molar-refractivity contribution in [1.29, 1.82) is 0 Å². The summed E-state index contributed by atoms with van der Waals surface area (Å²) in [4.78, 5) is 28.3. The summed E-state index contributed by atoms with van der Waals surface area (Å²) < 4.78 is 4.95. The second-order valence-electron chi connectivity index (χ2n) is 7.35. The minimum absolute atomic E-state index is 0.122. The van der Waals surface area contributed by atoms with Crippen molar-refractivity contribution >= 4 is 11.8 Å². The summed E-state index contributed by atoms with van der Waals surface area (Å²) in [6.45, 7) is 7.28. The molecule has 25 heavy (non-hydrogen) atoms. The van der Waals surface area contributed by atoms with Gasteiger partial charge in [-0.1, -0.05) is 6.92 Å². The molecule has 2 rings (SSSR count). The smallest absolute Gasteiger partial charge is 0.236 e. The van der Waals surface area contributed by atoms with Gasteiger partial charge in [0.25, 0.3) is 0 Å². The third kappa shape index (κ3) is 7.30. The molecule has 7 heteroatoms. The van der Waals surface area contributed by atoms with E-state index in [0.29, 0.717) is 45.4 Å². The molecule has 1 saturated heterocycles. The average Bonchev–Trinajstić information content (AvgIpc) is 2.61. The summed E-state index contributed by atoms with van der Waals surface area (Å²) >= 11 is 0. The van der Waals surface area contributed by atoms with Gasteiger partial charge in [-0.3, -0.25) is 14.5 Å². The molecule has 0 atom stereocenters. The van der Waals surface area contributed by atoms with Gasteiger partial charge in [0.15, 0.2) is 0 Å². The molecular weight excluding hydrogens is 320 g/mol. The number of piperazine rings is 1. The van der Waals surface area contributed by atoms with Crippen LogP contribution in [0, 0.1) is 5.92 Å². The zero-order chi connectivity index (χ0) is 18.1. The van der Waals surface area contributed by atoms with Crippen LogP contribution in [0.1, 0.15) is 32.6 Å². The zero-order valence-electron chi connectivity index (χ0n) is 15.8. The molecule has 1 heterocycles. The van der Waals surface area contributed by atoms with Gasteiger partial charge in [0, 0.05) is 45.9 Å². The molecule has 0 bridgehead atoms. The zero-order valence-corrected chi connectivity index (χ0v) is 15.8. The predicted octanol–water partition coefficient (Wildman–Crippen LogP) is 0.0615. The first-order valence-electron chi connectivity index (χ1n) is 9.57. The van der Waals surface area contributed by atoms with E-state index < -0.39 is 0 Å². The molecule has 0 radical (unpaired) electrons. The average molecular weight is 354 g/mol. The van der Waals surface area contributed by atoms with Crippen molar-refractivity contribution in [3.63, 3.8) is 0 Å². The van der Waals surface area contributed by atoms with E-state index in [1.165, 1.54) is 12.8 Å². The number of rotatable bonds is 8. The number of carbonyl (C=O) groups is 2. The summed E-state index contributed by atoms with van der Waals surface area (Å²) in [5.74, 6) is 1.04. The Labute approximate surface area is 151 Å². The van der Waals surface area contributed by atoms with Gasteiger partial charge >= 0.3 is 0 Å². The van der Waals surface area contributed by atoms with E-state index in [9.17, 15) is 9.59 Å². The number of nitrogens with one attached hydrogen (secondary N) is 2. The van der Waals surface area contributed by atoms with Crippen LogP contribution in [0.3, 0.4) is 0 Å². The molecule has 0 unspecified atom stereocenters. The highest BCUT2D eigenvalue weighted by atomic mass is 16.5. The summed E-state index contributed by atoms with van der Waals surface area (Å²) in [7, 11) is 1.65. The van der Waals surface area contributed by atoms with Gasteiger partial charge in [-0.2, -0.15) is 0 Å². The first-order chi connectivity index (χ1) is 12.1. The molecule has 2 N–H and O–H groups in total. The van der Waals surface area contributed by atoms with Crippen molar-refractivity contribution in [2.75, 3.05) is 59.5 Å². The maximum absolute atomic E-state index is 12.2. The summed E-state index contributed by atoms with van der Waals surface area (Å²) in [5.41, 5.74) is 0. The molecule has 0 aromatic heterocycles. The van der Waals surface area contributed by atoms with Crippen LogP contribution in [-0.4, -0.2) is 87.2 Å². The van der Waals surface area contributed by atoms with Crippen LogP contribution in [0.4, 0.5) is 0 Å². The van der Waals surface area contributed by atoms with Crippen LogP contribution in [0.15, 0.2) is 0 Å². The number of ether oxygens (including phenoxy) is 1. The molecule has 144 valence electrons. The van der Waals surface area contributed by atoms with Crippen LogP contribution in [-0.2, 0) is 14.3 Å². The van der Waals surface area contributed by atoms with Crippen LogP contribution in [0.2, 0.25) is 0 Å². The molecule has 2 aliphatic rings. The molecule has 0 aromatic rings. The fraction of sp³-hybridized carbons (Fsp3) is 0.889. The highest BCUT2D eigenvalue weighted by Gasteiger charge is 2.24. The van der Waals surface area contributed by atoms with Gasteiger partial charge in [0.2, 0.25) is 11.8 Å². The monoisotopic (exact) mass is 354 g/mol. The van der Waals surface area contributed by atoms with Crippen molar-refractivity contribution in [2.45, 2.75) is 38.6 Å². The molecule has 0 aromatic carbocycles. The molecule has 0 spiro atoms. The lowest BCUT2D eigenvalue weighted by molar-refractivity contribution is -0.132. The molecule has 1 aliphatic carbocycles. The second kappa shape index (κ2) is 10.7. The van der Waals surface area contributed by atoms with E-state index in [1.54, 1.807) is 7.11 Å². The maximum atomic E-state index is 12.2. The lowest BCUT2D eigenvalue weighted by Gasteiger charge is -2.35. The van der Waals surface area contributed by atoms with Crippen molar-refractivity contribution < 1.29 is 14.3 Å². The van der Waals surface area contributed by atoms with Crippen LogP contribution >= 0.6 is 0 Å². The quantitative estimate of drug-likeness (QED) is 0.603. The van der Waals surface area contributed by atoms with Crippen molar-refractivity contribution in [1.82, 2.24) is 20.4 Å². The predicted molar refractivity (Wildman–Crippen MR) is 97.3 cm³/mol. The Morgan fingerprint density at radius 2 is 1.76 bits per heavy atom. The van der Waals surface area contributed by atoms with E-state index in [-0.39, 0.29) is 11.8 Å². The Bertz CT molecular complexity index is 417. The number of methoxy groups -OCH3 is 1. The van der Waals surface area contributed by atoms with Crippen LogP contribution < -0.4 is 10.6 Å².